The van der Waals surface area contributed by atoms with Crippen molar-refractivity contribution in [1.82, 2.24) is 0 Å². The van der Waals surface area contributed by atoms with Crippen molar-refractivity contribution in [2.24, 2.45) is 0 Å². The highest BCUT2D eigenvalue weighted by Crippen LogP contribution is 2.24. The van der Waals surface area contributed by atoms with Crippen LogP contribution in [0.1, 0.15) is 47.1 Å². The van der Waals surface area contributed by atoms with E-state index in [1.807, 2.05) is 12.1 Å². The molecular weight excluding hydrogens is 368 g/mol. The standard InChI is InChI=1S/C20H21BrO3/c1-20(2,3)15-9-5-13(6-10-15)18(22)17(21)19(23)14-7-11-16(24-4)12-8-14/h5-12,17H,1-4H3. The molecule has 0 heterocycles. The van der Waals surface area contributed by atoms with Crippen molar-refractivity contribution in [2.45, 2.75) is 31.0 Å². The van der Waals surface area contributed by atoms with Crippen molar-refractivity contribution in [2.75, 3.05) is 7.11 Å². The molecule has 0 aliphatic heterocycles. The molecule has 0 N–H and O–H groups in total. The highest BCUT2D eigenvalue weighted by molar-refractivity contribution is 9.10. The third kappa shape index (κ3) is 4.12. The largest absolute Gasteiger partial charge is 0.497 e. The summed E-state index contributed by atoms with van der Waals surface area (Å²) >= 11 is 3.25. The van der Waals surface area contributed by atoms with Crippen LogP contribution < -0.4 is 4.74 Å². The molecule has 2 aromatic carbocycles. The summed E-state index contributed by atoms with van der Waals surface area (Å²) in [5.41, 5.74) is 2.16. The summed E-state index contributed by atoms with van der Waals surface area (Å²) in [6, 6.07) is 14.1. The molecule has 1 atom stereocenters. The van der Waals surface area contributed by atoms with Crippen LogP contribution in [0.4, 0.5) is 0 Å². The molecule has 0 aliphatic rings. The predicted molar refractivity (Wildman–Crippen MR) is 99.5 cm³/mol. The second-order valence-electron chi connectivity index (χ2n) is 6.65. The van der Waals surface area contributed by atoms with E-state index in [9.17, 15) is 9.59 Å². The first-order chi connectivity index (χ1) is 11.2. The van der Waals surface area contributed by atoms with Crippen molar-refractivity contribution in [3.05, 3.63) is 65.2 Å². The highest BCUT2D eigenvalue weighted by Gasteiger charge is 2.26. The smallest absolute Gasteiger partial charge is 0.184 e. The number of hydrogen-bond donors (Lipinski definition) is 0. The van der Waals surface area contributed by atoms with Gasteiger partial charge in [0.25, 0.3) is 0 Å². The predicted octanol–water partition coefficient (Wildman–Crippen LogP) is 4.82. The maximum Gasteiger partial charge on any atom is 0.184 e. The quantitative estimate of drug-likeness (QED) is 0.418. The normalized spacial score (nSPS) is 12.5. The summed E-state index contributed by atoms with van der Waals surface area (Å²) in [6.07, 6.45) is 0. The Kier molecular flexibility index (Phi) is 5.60. The summed E-state index contributed by atoms with van der Waals surface area (Å²) in [5.74, 6) is 0.167. The lowest BCUT2D eigenvalue weighted by atomic mass is 9.86. The first-order valence-corrected chi connectivity index (χ1v) is 8.62. The second-order valence-corrected chi connectivity index (χ2v) is 7.56. The molecule has 0 saturated carbocycles. The summed E-state index contributed by atoms with van der Waals surface area (Å²) in [7, 11) is 1.56. The maximum atomic E-state index is 12.6. The molecule has 0 bridgehead atoms. The lowest BCUT2D eigenvalue weighted by Gasteiger charge is -2.19. The summed E-state index contributed by atoms with van der Waals surface area (Å²) < 4.78 is 5.07. The monoisotopic (exact) mass is 388 g/mol. The number of Topliss-reactive ketones (excluding diaryl/α,β-unsaturated/α-hetero) is 2. The van der Waals surface area contributed by atoms with Gasteiger partial charge in [-0.25, -0.2) is 0 Å². The van der Waals surface area contributed by atoms with Crippen molar-refractivity contribution in [1.29, 1.82) is 0 Å². The van der Waals surface area contributed by atoms with Gasteiger partial charge in [0, 0.05) is 11.1 Å². The fourth-order valence-corrected chi connectivity index (χ4v) is 2.83. The molecule has 3 nitrogen and oxygen atoms in total. The molecular formula is C20H21BrO3. The number of rotatable bonds is 5. The number of carbonyl (C=O) groups excluding carboxylic acids is 2. The van der Waals surface area contributed by atoms with Crippen LogP contribution in [-0.2, 0) is 5.41 Å². The molecule has 0 saturated heterocycles. The van der Waals surface area contributed by atoms with Crippen LogP contribution in [0.25, 0.3) is 0 Å². The van der Waals surface area contributed by atoms with Crippen LogP contribution in [0, 0.1) is 0 Å². The Morgan fingerprint density at radius 3 is 1.67 bits per heavy atom. The van der Waals surface area contributed by atoms with E-state index >= 15 is 0 Å². The van der Waals surface area contributed by atoms with Gasteiger partial charge < -0.3 is 4.74 Å². The van der Waals surface area contributed by atoms with Gasteiger partial charge in [0.05, 0.1) is 7.11 Å². The number of benzene rings is 2. The Bertz CT molecular complexity index is 725. The van der Waals surface area contributed by atoms with Crippen LogP contribution in [-0.4, -0.2) is 23.5 Å². The average Bonchev–Trinajstić information content (AvgIpc) is 2.59. The zero-order valence-corrected chi connectivity index (χ0v) is 15.9. The highest BCUT2D eigenvalue weighted by atomic mass is 79.9. The molecule has 1 unspecified atom stereocenters. The number of ketones is 2. The van der Waals surface area contributed by atoms with E-state index in [0.29, 0.717) is 16.9 Å². The molecule has 0 amide bonds. The van der Waals surface area contributed by atoms with E-state index in [1.54, 1.807) is 43.5 Å². The van der Waals surface area contributed by atoms with E-state index in [1.165, 1.54) is 0 Å². The zero-order valence-electron chi connectivity index (χ0n) is 14.3. The number of ether oxygens (including phenoxy) is 1. The molecule has 24 heavy (non-hydrogen) atoms. The zero-order chi connectivity index (χ0) is 17.9. The fraction of sp³-hybridized carbons (Fsp3) is 0.300. The van der Waals surface area contributed by atoms with Gasteiger partial charge in [0.1, 0.15) is 10.6 Å². The van der Waals surface area contributed by atoms with Crippen LogP contribution in [0.2, 0.25) is 0 Å². The minimum absolute atomic E-state index is 0.0221. The second kappa shape index (κ2) is 7.31. The Balaban J connectivity index is 2.17. The number of carbonyl (C=O) groups is 2. The minimum Gasteiger partial charge on any atom is -0.497 e. The van der Waals surface area contributed by atoms with Gasteiger partial charge in [-0.05, 0) is 35.2 Å². The van der Waals surface area contributed by atoms with Gasteiger partial charge in [0.15, 0.2) is 11.6 Å². The lowest BCUT2D eigenvalue weighted by molar-refractivity contribution is 0.0906. The first-order valence-electron chi connectivity index (χ1n) is 7.71. The molecule has 0 aliphatic carbocycles. The Labute approximate surface area is 151 Å². The molecule has 0 spiro atoms. The van der Waals surface area contributed by atoms with Gasteiger partial charge >= 0.3 is 0 Å². The van der Waals surface area contributed by atoms with Gasteiger partial charge in [-0.3, -0.25) is 9.59 Å². The summed E-state index contributed by atoms with van der Waals surface area (Å²) in [4.78, 5) is 24.1. The number of methoxy groups -OCH3 is 1. The Morgan fingerprint density at radius 2 is 1.29 bits per heavy atom. The van der Waals surface area contributed by atoms with Crippen molar-refractivity contribution >= 4 is 27.5 Å². The van der Waals surface area contributed by atoms with Crippen LogP contribution in [0.15, 0.2) is 48.5 Å². The van der Waals surface area contributed by atoms with Crippen LogP contribution >= 0.6 is 15.9 Å². The maximum absolute atomic E-state index is 12.6. The van der Waals surface area contributed by atoms with Crippen molar-refractivity contribution in [3.8, 4) is 5.75 Å². The van der Waals surface area contributed by atoms with Gasteiger partial charge in [-0.1, -0.05) is 61.0 Å². The molecule has 0 aromatic heterocycles. The van der Waals surface area contributed by atoms with Gasteiger partial charge in [0.2, 0.25) is 0 Å². The van der Waals surface area contributed by atoms with E-state index < -0.39 is 4.83 Å². The van der Waals surface area contributed by atoms with E-state index in [4.69, 9.17) is 4.74 Å². The molecule has 2 aromatic rings. The number of alkyl halides is 1. The third-order valence-corrected chi connectivity index (χ3v) is 4.70. The Hall–Kier alpha value is -1.94. The first kappa shape index (κ1) is 18.4. The Morgan fingerprint density at radius 1 is 0.875 bits per heavy atom. The molecule has 2 rings (SSSR count). The van der Waals surface area contributed by atoms with E-state index in [0.717, 1.165) is 5.56 Å². The topological polar surface area (TPSA) is 43.4 Å². The molecule has 4 heteroatoms. The molecule has 126 valence electrons. The lowest BCUT2D eigenvalue weighted by Crippen LogP contribution is -2.24. The average molecular weight is 389 g/mol. The van der Waals surface area contributed by atoms with Crippen LogP contribution in [0.5, 0.6) is 5.75 Å². The fourth-order valence-electron chi connectivity index (χ4n) is 2.30. The third-order valence-electron chi connectivity index (χ3n) is 3.87. The van der Waals surface area contributed by atoms with E-state index in [-0.39, 0.29) is 17.0 Å². The SMILES string of the molecule is COc1ccc(C(=O)C(Br)C(=O)c2ccc(C(C)(C)C)cc2)cc1. The number of halogens is 1. The van der Waals surface area contributed by atoms with Crippen molar-refractivity contribution in [3.63, 3.8) is 0 Å². The van der Waals surface area contributed by atoms with Crippen LogP contribution in [0.3, 0.4) is 0 Å². The minimum atomic E-state index is -0.897. The van der Waals surface area contributed by atoms with Gasteiger partial charge in [-0.15, -0.1) is 0 Å². The van der Waals surface area contributed by atoms with Gasteiger partial charge in [-0.2, -0.15) is 0 Å². The van der Waals surface area contributed by atoms with E-state index in [2.05, 4.69) is 36.7 Å². The number of hydrogen-bond acceptors (Lipinski definition) is 3. The summed E-state index contributed by atoms with van der Waals surface area (Å²) in [6.45, 7) is 6.35. The molecule has 0 radical (unpaired) electrons. The molecule has 0 fully saturated rings. The van der Waals surface area contributed by atoms with Crippen molar-refractivity contribution < 1.29 is 14.3 Å². The summed E-state index contributed by atoms with van der Waals surface area (Å²) in [5, 5.41) is 0.